The molecule has 0 aromatic heterocycles. The molecule has 0 spiro atoms. The fraction of sp³-hybridized carbons (Fsp3) is 0.735. The minimum atomic E-state index is -5.35. The molecule has 0 bridgehead atoms. The highest BCUT2D eigenvalue weighted by Gasteiger charge is 2.55. The van der Waals surface area contributed by atoms with Crippen LogP contribution in [0.15, 0.2) is 70.9 Å². The topological polar surface area (TPSA) is 364 Å². The average molecular weight is 1140 g/mol. The second kappa shape index (κ2) is 27.1. The lowest BCUT2D eigenvalue weighted by atomic mass is 9.83. The van der Waals surface area contributed by atoms with E-state index in [0.717, 1.165) is 11.1 Å². The molecule has 5 heterocycles. The van der Waals surface area contributed by atoms with Crippen molar-refractivity contribution in [2.75, 3.05) is 13.2 Å². The third kappa shape index (κ3) is 15.6. The van der Waals surface area contributed by atoms with E-state index in [0.29, 0.717) is 0 Å². The van der Waals surface area contributed by atoms with E-state index in [-0.39, 0.29) is 44.2 Å². The lowest BCUT2D eigenvalue weighted by molar-refractivity contribution is -0.354. The Morgan fingerprint density at radius 2 is 1.21 bits per heavy atom. The van der Waals surface area contributed by atoms with Gasteiger partial charge in [0.15, 0.2) is 37.6 Å². The summed E-state index contributed by atoms with van der Waals surface area (Å²) < 4.78 is 147. The van der Waals surface area contributed by atoms with Gasteiger partial charge in [-0.25, -0.2) is 13.2 Å². The molecule has 0 radical (unpaired) electrons. The first-order valence-corrected chi connectivity index (χ1v) is 28.4. The molecular weight excluding hydrogens is 1070 g/mol. The standard InChI is InChI=1S/C49H70N6O21S2/c1-24-25(2)38(53-55-51)47(68-30(24)7)71-36-22-66-48(41(28(36)5)64-20-32-15-11-9-12-16-32)70-35-19-34(52-54-50)46(69-31(35)8)74-40-29(6)42(76-78(61,62)63)49(75-43(40)44(56)57)73-39-26(3)27(4)45(65-21-33-17-13-10-14-18-33)72-37(39)23-67-77(58,59)60/h9-18,24-31,34-43,45-49H,19-23H2,1-8H3,(H,56,57)(H,58,59,60)(H,61,62,63)/t24-,25-,26+,27?,28-,29-,30?,31?,34?,35-,36+,37?,38?,39-,40-,41?,42?,43?,45-,46+,47-,48-,49+/m0/s1. The lowest BCUT2D eigenvalue weighted by Gasteiger charge is -2.49. The largest absolute Gasteiger partial charge is 0.479 e. The summed E-state index contributed by atoms with van der Waals surface area (Å²) in [5.74, 6) is -4.56. The number of aliphatic carboxylic acids is 1. The fourth-order valence-corrected chi connectivity index (χ4v) is 11.3. The molecule has 5 saturated heterocycles. The second-order valence-electron chi connectivity index (χ2n) is 20.6. The first-order chi connectivity index (χ1) is 37.0. The number of carboxylic acid groups (broad SMARTS) is 1. The van der Waals surface area contributed by atoms with Crippen LogP contribution in [-0.4, -0.2) is 155 Å². The number of carbonyl (C=O) groups is 1. The van der Waals surface area contributed by atoms with Crippen LogP contribution < -0.4 is 0 Å². The Hall–Kier alpha value is -4.17. The Morgan fingerprint density at radius 1 is 0.603 bits per heavy atom. The van der Waals surface area contributed by atoms with Gasteiger partial charge in [0.2, 0.25) is 0 Å². The van der Waals surface area contributed by atoms with Gasteiger partial charge in [-0.2, -0.15) is 16.8 Å². The van der Waals surface area contributed by atoms with E-state index in [1.54, 1.807) is 20.8 Å². The number of hydrogen-bond acceptors (Lipinski definition) is 20. The zero-order valence-electron chi connectivity index (χ0n) is 44.3. The van der Waals surface area contributed by atoms with Gasteiger partial charge in [-0.3, -0.25) is 9.11 Å². The Labute approximate surface area is 452 Å². The molecule has 2 aromatic rings. The number of azide groups is 2. The second-order valence-corrected chi connectivity index (χ2v) is 22.7. The highest BCUT2D eigenvalue weighted by molar-refractivity contribution is 7.81. The minimum Gasteiger partial charge on any atom is -0.479 e. The van der Waals surface area contributed by atoms with Crippen LogP contribution in [0.4, 0.5) is 0 Å². The van der Waals surface area contributed by atoms with E-state index in [1.165, 1.54) is 6.92 Å². The zero-order chi connectivity index (χ0) is 56.6. The van der Waals surface area contributed by atoms with Crippen molar-refractivity contribution in [3.05, 3.63) is 92.7 Å². The molecule has 27 nitrogen and oxygen atoms in total. The predicted molar refractivity (Wildman–Crippen MR) is 269 cm³/mol. The molecule has 7 rings (SSSR count). The van der Waals surface area contributed by atoms with Crippen LogP contribution >= 0.6 is 0 Å². The number of benzene rings is 2. The van der Waals surface area contributed by atoms with Crippen molar-refractivity contribution in [3.8, 4) is 0 Å². The molecule has 9 unspecified atom stereocenters. The summed E-state index contributed by atoms with van der Waals surface area (Å²) >= 11 is 0. The van der Waals surface area contributed by atoms with Gasteiger partial charge in [-0.05, 0) is 60.2 Å². The maximum Gasteiger partial charge on any atom is 0.397 e. The highest BCUT2D eigenvalue weighted by atomic mass is 32.3. The number of rotatable bonds is 22. The summed E-state index contributed by atoms with van der Waals surface area (Å²) in [7, 11) is -10.4. The quantitative estimate of drug-likeness (QED) is 0.0505. The van der Waals surface area contributed by atoms with Crippen LogP contribution in [0.25, 0.3) is 20.9 Å². The summed E-state index contributed by atoms with van der Waals surface area (Å²) in [5, 5.41) is 18.6. The lowest BCUT2D eigenvalue weighted by Crippen LogP contribution is -2.63. The van der Waals surface area contributed by atoms with Crippen LogP contribution in [0.5, 0.6) is 0 Å². The normalized spacial score (nSPS) is 39.5. The van der Waals surface area contributed by atoms with Gasteiger partial charge in [0.1, 0.15) is 24.4 Å². The van der Waals surface area contributed by atoms with Gasteiger partial charge in [-0.15, -0.1) is 0 Å². The summed E-state index contributed by atoms with van der Waals surface area (Å²) in [6.07, 6.45) is -18.0. The number of hydrogen-bond donors (Lipinski definition) is 3. The molecule has 23 atom stereocenters. The SMILES string of the molecule is CC1O[C@H](O[C@@H]2C(C(=O)O)O[C@@H](O[C@@H]3C(COS(=O)(=O)O)O[C@H](OCc4ccccc4)C(C)[C@H]3C)C(OS(=O)(=O)O)[C@H]2C)C(N=[N+]=[N-])C[C@@H]1O[C@@H]1OC[C@@H](O[C@@H]2OC(C)[C@@H](C)[C@H](C)C2N=[N+]=[N-])[C@H](C)C1OCc1ccccc1. The van der Waals surface area contributed by atoms with Crippen LogP contribution in [0, 0.1) is 35.5 Å². The molecule has 0 aliphatic carbocycles. The van der Waals surface area contributed by atoms with Crippen molar-refractivity contribution in [1.82, 2.24) is 0 Å². The van der Waals surface area contributed by atoms with Crippen molar-refractivity contribution < 1.29 is 96.3 Å². The van der Waals surface area contributed by atoms with Gasteiger partial charge in [-0.1, -0.05) is 112 Å². The molecule has 3 N–H and O–H groups in total. The molecule has 29 heteroatoms. The average Bonchev–Trinajstić information content (AvgIpc) is 3.38. The number of nitrogens with zero attached hydrogens (tertiary/aromatic N) is 6. The summed E-state index contributed by atoms with van der Waals surface area (Å²) in [6.45, 7) is 13.7. The smallest absolute Gasteiger partial charge is 0.397 e. The van der Waals surface area contributed by atoms with Crippen LogP contribution in [0.1, 0.15) is 72.9 Å². The highest BCUT2D eigenvalue weighted by Crippen LogP contribution is 2.42. The van der Waals surface area contributed by atoms with Crippen molar-refractivity contribution in [2.24, 2.45) is 45.7 Å². The Morgan fingerprint density at radius 3 is 1.81 bits per heavy atom. The molecule has 0 saturated carbocycles. The van der Waals surface area contributed by atoms with E-state index in [1.807, 2.05) is 88.4 Å². The van der Waals surface area contributed by atoms with E-state index in [9.17, 15) is 46.9 Å². The molecule has 0 amide bonds. The molecule has 5 fully saturated rings. The molecule has 78 heavy (non-hydrogen) atoms. The Bertz CT molecular complexity index is 2610. The van der Waals surface area contributed by atoms with Gasteiger partial charge < -0.3 is 57.2 Å². The number of ether oxygens (including phenoxy) is 11. The van der Waals surface area contributed by atoms with Crippen molar-refractivity contribution in [3.63, 3.8) is 0 Å². The third-order valence-electron chi connectivity index (χ3n) is 15.5. The summed E-state index contributed by atoms with van der Waals surface area (Å²) in [6, 6.07) is 16.6. The van der Waals surface area contributed by atoms with Crippen LogP contribution in [0.3, 0.4) is 0 Å². The van der Waals surface area contributed by atoms with E-state index in [4.69, 9.17) is 60.5 Å². The van der Waals surface area contributed by atoms with E-state index < -0.39 is 156 Å². The first-order valence-electron chi connectivity index (χ1n) is 25.7. The molecule has 434 valence electrons. The van der Waals surface area contributed by atoms with Crippen LogP contribution in [-0.2, 0) is 99.3 Å². The Balaban J connectivity index is 1.08. The number of carboxylic acids is 1. The molecule has 2 aromatic carbocycles. The summed E-state index contributed by atoms with van der Waals surface area (Å²) in [5.41, 5.74) is 20.9. The summed E-state index contributed by atoms with van der Waals surface area (Å²) in [4.78, 5) is 19.2. The molecule has 5 aliphatic rings. The van der Waals surface area contributed by atoms with Gasteiger partial charge >= 0.3 is 26.8 Å². The van der Waals surface area contributed by atoms with Gasteiger partial charge in [0, 0.05) is 27.6 Å². The van der Waals surface area contributed by atoms with E-state index in [2.05, 4.69) is 20.1 Å². The van der Waals surface area contributed by atoms with Gasteiger partial charge in [0.05, 0.1) is 69.0 Å². The van der Waals surface area contributed by atoms with E-state index >= 15 is 0 Å². The monoisotopic (exact) mass is 1140 g/mol. The minimum absolute atomic E-state index is 0.00766. The van der Waals surface area contributed by atoms with Crippen molar-refractivity contribution in [1.29, 1.82) is 0 Å². The first kappa shape index (κ1) is 61.4. The van der Waals surface area contributed by atoms with Crippen molar-refractivity contribution >= 4 is 26.8 Å². The van der Waals surface area contributed by atoms with Crippen LogP contribution in [0.2, 0.25) is 0 Å². The Kier molecular flexibility index (Phi) is 21.3. The zero-order valence-corrected chi connectivity index (χ0v) is 45.9. The maximum atomic E-state index is 13.1. The van der Waals surface area contributed by atoms with Gasteiger partial charge in [0.25, 0.3) is 0 Å². The predicted octanol–water partition coefficient (Wildman–Crippen LogP) is 6.28. The third-order valence-corrected chi connectivity index (χ3v) is 16.4. The molecular formula is C49H70N6O21S2. The van der Waals surface area contributed by atoms with Crippen molar-refractivity contribution in [2.45, 2.75) is 180 Å². The maximum absolute atomic E-state index is 13.1. The molecule has 5 aliphatic heterocycles. The fourth-order valence-electron chi connectivity index (χ4n) is 10.4.